The minimum atomic E-state index is -0.609. The topological polar surface area (TPSA) is 109 Å². The van der Waals surface area contributed by atoms with Gasteiger partial charge in [-0.05, 0) is 48.9 Å². The molecule has 0 bridgehead atoms. The van der Waals surface area contributed by atoms with Crippen molar-refractivity contribution in [1.82, 2.24) is 0 Å². The molecule has 27 heavy (non-hydrogen) atoms. The Balaban J connectivity index is 1.79. The molecule has 0 fully saturated rings. The van der Waals surface area contributed by atoms with Crippen molar-refractivity contribution in [3.8, 4) is 5.75 Å². The lowest BCUT2D eigenvalue weighted by Gasteiger charge is -2.09. The van der Waals surface area contributed by atoms with Crippen LogP contribution in [0.15, 0.2) is 51.7 Å². The summed E-state index contributed by atoms with van der Waals surface area (Å²) in [6, 6.07) is 11.1. The molecule has 138 valence electrons. The molecule has 0 saturated carbocycles. The number of rotatable bonds is 4. The van der Waals surface area contributed by atoms with E-state index >= 15 is 0 Å². The Morgan fingerprint density at radius 1 is 1.04 bits per heavy atom. The fourth-order valence-electron chi connectivity index (χ4n) is 2.79. The van der Waals surface area contributed by atoms with Gasteiger partial charge in [0.25, 0.3) is 0 Å². The smallest absolute Gasteiger partial charge is 0.340 e. The molecule has 0 aliphatic heterocycles. The Kier molecular flexibility index (Phi) is 4.94. The van der Waals surface area contributed by atoms with Crippen LogP contribution in [0, 0.1) is 6.92 Å². The molecule has 0 radical (unpaired) electrons. The molecule has 0 saturated heterocycles. The van der Waals surface area contributed by atoms with Crippen molar-refractivity contribution >= 4 is 34.2 Å². The van der Waals surface area contributed by atoms with Crippen LogP contribution in [0.2, 0.25) is 0 Å². The molecule has 7 nitrogen and oxygen atoms in total. The quantitative estimate of drug-likeness (QED) is 0.615. The van der Waals surface area contributed by atoms with E-state index in [9.17, 15) is 19.5 Å². The third kappa shape index (κ3) is 4.14. The summed E-state index contributed by atoms with van der Waals surface area (Å²) in [6.07, 6.45) is -0.140. The average molecular weight is 366 g/mol. The van der Waals surface area contributed by atoms with E-state index in [0.717, 1.165) is 0 Å². The number of phenols is 1. The van der Waals surface area contributed by atoms with Crippen LogP contribution >= 0.6 is 0 Å². The Morgan fingerprint density at radius 3 is 2.30 bits per heavy atom. The van der Waals surface area contributed by atoms with Gasteiger partial charge < -0.3 is 20.2 Å². The standard InChI is InChI=1S/C20H18N2O5/c1-11-16-8-7-15(24)9-18(16)27-20(26)17(11)10-19(25)22-14-5-3-13(4-6-14)21-12(2)23/h3-9,24H,10H2,1-2H3,(H,21,23)(H,22,25). The highest BCUT2D eigenvalue weighted by Gasteiger charge is 2.15. The van der Waals surface area contributed by atoms with Gasteiger partial charge >= 0.3 is 5.63 Å². The number of aromatic hydroxyl groups is 1. The summed E-state index contributed by atoms with van der Waals surface area (Å²) in [6.45, 7) is 3.15. The van der Waals surface area contributed by atoms with Gasteiger partial charge in [0.15, 0.2) is 0 Å². The minimum absolute atomic E-state index is 0.00162. The molecule has 3 N–H and O–H groups in total. The number of benzene rings is 2. The first-order chi connectivity index (χ1) is 12.8. The van der Waals surface area contributed by atoms with Gasteiger partial charge in [0.05, 0.1) is 12.0 Å². The van der Waals surface area contributed by atoms with Crippen LogP contribution in [-0.2, 0) is 16.0 Å². The highest BCUT2D eigenvalue weighted by molar-refractivity contribution is 5.94. The van der Waals surface area contributed by atoms with Crippen LogP contribution in [0.5, 0.6) is 5.75 Å². The van der Waals surface area contributed by atoms with Gasteiger partial charge in [-0.1, -0.05) is 0 Å². The predicted octanol–water partition coefficient (Wildman–Crippen LogP) is 2.95. The van der Waals surface area contributed by atoms with E-state index in [1.165, 1.54) is 19.1 Å². The lowest BCUT2D eigenvalue weighted by Crippen LogP contribution is -2.20. The van der Waals surface area contributed by atoms with Gasteiger partial charge in [0.2, 0.25) is 11.8 Å². The van der Waals surface area contributed by atoms with E-state index in [1.807, 2.05) is 0 Å². The Morgan fingerprint density at radius 2 is 1.67 bits per heavy atom. The van der Waals surface area contributed by atoms with Gasteiger partial charge in [-0.15, -0.1) is 0 Å². The molecule has 1 heterocycles. The van der Waals surface area contributed by atoms with Gasteiger partial charge in [-0.3, -0.25) is 9.59 Å². The Bertz CT molecular complexity index is 1080. The molecule has 0 spiro atoms. The number of phenolic OH excluding ortho intramolecular Hbond substituents is 1. The number of hydrogen-bond donors (Lipinski definition) is 3. The zero-order valence-electron chi connectivity index (χ0n) is 14.8. The number of carbonyl (C=O) groups is 2. The Hall–Kier alpha value is -3.61. The number of anilines is 2. The van der Waals surface area contributed by atoms with Crippen LogP contribution < -0.4 is 16.3 Å². The second-order valence-electron chi connectivity index (χ2n) is 6.16. The number of nitrogens with one attached hydrogen (secondary N) is 2. The molecule has 3 aromatic rings. The zero-order chi connectivity index (χ0) is 19.6. The predicted molar refractivity (Wildman–Crippen MR) is 102 cm³/mol. The van der Waals surface area contributed by atoms with Crippen molar-refractivity contribution in [2.45, 2.75) is 20.3 Å². The second kappa shape index (κ2) is 7.33. The van der Waals surface area contributed by atoms with E-state index in [4.69, 9.17) is 4.42 Å². The summed E-state index contributed by atoms with van der Waals surface area (Å²) < 4.78 is 5.22. The zero-order valence-corrected chi connectivity index (χ0v) is 14.8. The summed E-state index contributed by atoms with van der Waals surface area (Å²) >= 11 is 0. The lowest BCUT2D eigenvalue weighted by molar-refractivity contribution is -0.116. The van der Waals surface area contributed by atoms with Crippen molar-refractivity contribution in [2.24, 2.45) is 0 Å². The van der Waals surface area contributed by atoms with E-state index in [-0.39, 0.29) is 35.1 Å². The lowest BCUT2D eigenvalue weighted by atomic mass is 10.0. The van der Waals surface area contributed by atoms with Crippen molar-refractivity contribution in [3.63, 3.8) is 0 Å². The van der Waals surface area contributed by atoms with Crippen molar-refractivity contribution in [3.05, 3.63) is 64.0 Å². The molecular weight excluding hydrogens is 348 g/mol. The molecule has 7 heteroatoms. The Labute approximate surface area is 154 Å². The summed E-state index contributed by atoms with van der Waals surface area (Å²) in [7, 11) is 0. The number of hydrogen-bond acceptors (Lipinski definition) is 5. The molecule has 2 amide bonds. The summed E-state index contributed by atoms with van der Waals surface area (Å²) in [4.78, 5) is 35.6. The summed E-state index contributed by atoms with van der Waals surface area (Å²) in [5, 5.41) is 15.5. The van der Waals surface area contributed by atoms with Crippen molar-refractivity contribution < 1.29 is 19.1 Å². The molecule has 0 aliphatic carbocycles. The first kappa shape index (κ1) is 18.2. The van der Waals surface area contributed by atoms with Crippen molar-refractivity contribution in [2.75, 3.05) is 10.6 Å². The van der Waals surface area contributed by atoms with E-state index in [1.54, 1.807) is 37.3 Å². The molecule has 0 unspecified atom stereocenters. The monoisotopic (exact) mass is 366 g/mol. The molecule has 1 aromatic heterocycles. The number of aryl methyl sites for hydroxylation is 1. The number of fused-ring (bicyclic) bond motifs is 1. The van der Waals surface area contributed by atoms with Crippen LogP contribution in [0.3, 0.4) is 0 Å². The van der Waals surface area contributed by atoms with Crippen molar-refractivity contribution in [1.29, 1.82) is 0 Å². The van der Waals surface area contributed by atoms with Gasteiger partial charge in [0.1, 0.15) is 11.3 Å². The minimum Gasteiger partial charge on any atom is -0.508 e. The van der Waals surface area contributed by atoms with Crippen LogP contribution in [-0.4, -0.2) is 16.9 Å². The number of amides is 2. The maximum atomic E-state index is 12.3. The van der Waals surface area contributed by atoms with Crippen LogP contribution in [0.1, 0.15) is 18.1 Å². The summed E-state index contributed by atoms with van der Waals surface area (Å²) in [5.74, 6) is -0.548. The van der Waals surface area contributed by atoms with Gasteiger partial charge in [0, 0.05) is 29.8 Å². The molecular formula is C20H18N2O5. The maximum Gasteiger partial charge on any atom is 0.340 e. The molecule has 3 rings (SSSR count). The highest BCUT2D eigenvalue weighted by atomic mass is 16.4. The van der Waals surface area contributed by atoms with E-state index in [0.29, 0.717) is 22.3 Å². The third-order valence-electron chi connectivity index (χ3n) is 4.10. The second-order valence-corrected chi connectivity index (χ2v) is 6.16. The average Bonchev–Trinajstić information content (AvgIpc) is 2.59. The normalized spacial score (nSPS) is 10.6. The maximum absolute atomic E-state index is 12.3. The molecule has 0 atom stereocenters. The molecule has 2 aromatic carbocycles. The van der Waals surface area contributed by atoms with E-state index in [2.05, 4.69) is 10.6 Å². The fourth-order valence-corrected chi connectivity index (χ4v) is 2.79. The first-order valence-corrected chi connectivity index (χ1v) is 8.26. The molecule has 0 aliphatic rings. The first-order valence-electron chi connectivity index (χ1n) is 8.26. The van der Waals surface area contributed by atoms with Gasteiger partial charge in [-0.25, -0.2) is 4.79 Å². The largest absolute Gasteiger partial charge is 0.508 e. The highest BCUT2D eigenvalue weighted by Crippen LogP contribution is 2.23. The number of carbonyl (C=O) groups excluding carboxylic acids is 2. The third-order valence-corrected chi connectivity index (χ3v) is 4.10. The van der Waals surface area contributed by atoms with Crippen LogP contribution in [0.4, 0.5) is 11.4 Å². The SMILES string of the molecule is CC(=O)Nc1ccc(NC(=O)Cc2c(C)c3ccc(O)cc3oc2=O)cc1. The fraction of sp³-hybridized carbons (Fsp3) is 0.150. The van der Waals surface area contributed by atoms with Crippen LogP contribution in [0.25, 0.3) is 11.0 Å². The summed E-state index contributed by atoms with van der Waals surface area (Å²) in [5.41, 5.74) is 1.73. The van der Waals surface area contributed by atoms with Gasteiger partial charge in [-0.2, -0.15) is 0 Å². The van der Waals surface area contributed by atoms with E-state index < -0.39 is 5.63 Å².